The number of imidazole rings is 1. The van der Waals surface area contributed by atoms with Crippen molar-refractivity contribution < 1.29 is 9.18 Å². The van der Waals surface area contributed by atoms with Crippen LogP contribution >= 0.6 is 0 Å². The van der Waals surface area contributed by atoms with E-state index in [0.717, 1.165) is 43.4 Å². The van der Waals surface area contributed by atoms with Gasteiger partial charge in [0.25, 0.3) is 0 Å². The van der Waals surface area contributed by atoms with Gasteiger partial charge in [-0.25, -0.2) is 9.18 Å². The third-order valence-corrected chi connectivity index (χ3v) is 6.36. The van der Waals surface area contributed by atoms with Crippen molar-refractivity contribution >= 4 is 16.8 Å². The molecule has 5 nitrogen and oxygen atoms in total. The van der Waals surface area contributed by atoms with Gasteiger partial charge in [-0.05, 0) is 81.6 Å². The Hall–Kier alpha value is -2.73. The van der Waals surface area contributed by atoms with Crippen molar-refractivity contribution in [3.05, 3.63) is 70.4 Å². The predicted octanol–water partition coefficient (Wildman–Crippen LogP) is 4.23. The fourth-order valence-corrected chi connectivity index (χ4v) is 4.44. The van der Waals surface area contributed by atoms with Gasteiger partial charge in [-0.15, -0.1) is 0 Å². The molecule has 0 aliphatic carbocycles. The van der Waals surface area contributed by atoms with Crippen LogP contribution < -0.4 is 5.69 Å². The first-order valence-corrected chi connectivity index (χ1v) is 10.7. The Labute approximate surface area is 175 Å². The lowest BCUT2D eigenvalue weighted by Gasteiger charge is -2.36. The van der Waals surface area contributed by atoms with E-state index in [1.807, 2.05) is 28.8 Å². The first-order valence-electron chi connectivity index (χ1n) is 10.7. The molecule has 0 bridgehead atoms. The van der Waals surface area contributed by atoms with Crippen molar-refractivity contribution in [2.45, 2.75) is 45.2 Å². The SMILES string of the molecule is CC(CCn1c(=O)[nH]c2ccccc21)N1CCC(CC(=O)c2ccc(F)cc2)CC1. The van der Waals surface area contributed by atoms with Crippen molar-refractivity contribution in [1.29, 1.82) is 0 Å². The molecule has 158 valence electrons. The summed E-state index contributed by atoms with van der Waals surface area (Å²) in [6.45, 7) is 4.83. The van der Waals surface area contributed by atoms with Gasteiger partial charge in [-0.3, -0.25) is 9.36 Å². The number of hydrogen-bond acceptors (Lipinski definition) is 3. The van der Waals surface area contributed by atoms with Crippen LogP contribution in [0.5, 0.6) is 0 Å². The number of carbonyl (C=O) groups excluding carboxylic acids is 1. The molecule has 1 fully saturated rings. The van der Waals surface area contributed by atoms with E-state index >= 15 is 0 Å². The molecule has 30 heavy (non-hydrogen) atoms. The second-order valence-electron chi connectivity index (χ2n) is 8.35. The normalized spacial score (nSPS) is 16.7. The first-order chi connectivity index (χ1) is 14.5. The Bertz CT molecular complexity index is 1060. The molecule has 1 unspecified atom stereocenters. The fourth-order valence-electron chi connectivity index (χ4n) is 4.44. The molecule has 4 rings (SSSR count). The van der Waals surface area contributed by atoms with Crippen LogP contribution in [0.3, 0.4) is 0 Å². The number of nitrogens with one attached hydrogen (secondary N) is 1. The number of H-pyrrole nitrogens is 1. The maximum Gasteiger partial charge on any atom is 0.326 e. The average Bonchev–Trinajstić information content (AvgIpc) is 3.08. The quantitative estimate of drug-likeness (QED) is 0.594. The summed E-state index contributed by atoms with van der Waals surface area (Å²) in [5, 5.41) is 0. The molecule has 3 aromatic rings. The third-order valence-electron chi connectivity index (χ3n) is 6.36. The lowest BCUT2D eigenvalue weighted by atomic mass is 9.89. The number of para-hydroxylation sites is 2. The molecule has 0 radical (unpaired) electrons. The van der Waals surface area contributed by atoms with Crippen LogP contribution in [0, 0.1) is 11.7 Å². The third kappa shape index (κ3) is 4.54. The van der Waals surface area contributed by atoms with E-state index in [9.17, 15) is 14.0 Å². The summed E-state index contributed by atoms with van der Waals surface area (Å²) < 4.78 is 14.9. The van der Waals surface area contributed by atoms with Gasteiger partial charge in [0.1, 0.15) is 5.82 Å². The predicted molar refractivity (Wildman–Crippen MR) is 116 cm³/mol. The molecule has 2 heterocycles. The smallest absolute Gasteiger partial charge is 0.306 e. The number of hydrogen-bond donors (Lipinski definition) is 1. The van der Waals surface area contributed by atoms with Gasteiger partial charge in [0, 0.05) is 24.6 Å². The lowest BCUT2D eigenvalue weighted by Crippen LogP contribution is -2.41. The molecule has 1 aliphatic rings. The van der Waals surface area contributed by atoms with Crippen molar-refractivity contribution in [2.24, 2.45) is 5.92 Å². The zero-order valence-electron chi connectivity index (χ0n) is 17.3. The Morgan fingerprint density at radius 3 is 2.57 bits per heavy atom. The minimum absolute atomic E-state index is 0.0542. The number of nitrogens with zero attached hydrogens (tertiary/aromatic N) is 2. The maximum atomic E-state index is 13.0. The molecule has 1 atom stereocenters. The van der Waals surface area contributed by atoms with Gasteiger partial charge in [-0.1, -0.05) is 12.1 Å². The number of piperidine rings is 1. The van der Waals surface area contributed by atoms with Gasteiger partial charge in [0.05, 0.1) is 11.0 Å². The average molecular weight is 410 g/mol. The summed E-state index contributed by atoms with van der Waals surface area (Å²) in [7, 11) is 0. The zero-order valence-corrected chi connectivity index (χ0v) is 17.3. The van der Waals surface area contributed by atoms with Gasteiger partial charge in [0.15, 0.2) is 5.78 Å². The van der Waals surface area contributed by atoms with E-state index in [-0.39, 0.29) is 17.3 Å². The Balaban J connectivity index is 1.27. The molecule has 2 aromatic carbocycles. The van der Waals surface area contributed by atoms with Gasteiger partial charge in [0.2, 0.25) is 0 Å². The number of halogens is 1. The summed E-state index contributed by atoms with van der Waals surface area (Å²) in [5.74, 6) is 0.159. The largest absolute Gasteiger partial charge is 0.326 e. The number of fused-ring (bicyclic) bond motifs is 1. The van der Waals surface area contributed by atoms with Crippen LogP contribution in [0.25, 0.3) is 11.0 Å². The number of benzene rings is 2. The van der Waals surface area contributed by atoms with Gasteiger partial charge >= 0.3 is 5.69 Å². The monoisotopic (exact) mass is 409 g/mol. The number of ketones is 1. The minimum atomic E-state index is -0.316. The molecular weight excluding hydrogens is 381 g/mol. The van der Waals surface area contributed by atoms with E-state index < -0.39 is 0 Å². The van der Waals surface area contributed by atoms with Crippen LogP contribution in [0.1, 0.15) is 43.0 Å². The van der Waals surface area contributed by atoms with Crippen LogP contribution in [0.15, 0.2) is 53.3 Å². The van der Waals surface area contributed by atoms with Crippen molar-refractivity contribution in [3.63, 3.8) is 0 Å². The molecule has 1 aliphatic heterocycles. The molecule has 1 N–H and O–H groups in total. The van der Waals surface area contributed by atoms with Crippen LogP contribution in [-0.2, 0) is 6.54 Å². The maximum absolute atomic E-state index is 13.0. The van der Waals surface area contributed by atoms with E-state index in [2.05, 4.69) is 16.8 Å². The van der Waals surface area contributed by atoms with E-state index in [0.29, 0.717) is 30.5 Å². The number of aromatic nitrogens is 2. The van der Waals surface area contributed by atoms with Crippen LogP contribution in [-0.4, -0.2) is 39.4 Å². The molecule has 0 spiro atoms. The van der Waals surface area contributed by atoms with Crippen molar-refractivity contribution in [1.82, 2.24) is 14.5 Å². The van der Waals surface area contributed by atoms with Crippen LogP contribution in [0.4, 0.5) is 4.39 Å². The van der Waals surface area contributed by atoms with Crippen LogP contribution in [0.2, 0.25) is 0 Å². The van der Waals surface area contributed by atoms with Gasteiger partial charge < -0.3 is 9.88 Å². The number of carbonyl (C=O) groups is 1. The molecule has 1 aromatic heterocycles. The van der Waals surface area contributed by atoms with E-state index in [1.165, 1.54) is 12.1 Å². The Morgan fingerprint density at radius 1 is 1.13 bits per heavy atom. The number of rotatable bonds is 7. The summed E-state index contributed by atoms with van der Waals surface area (Å²) in [6.07, 6.45) is 3.41. The highest BCUT2D eigenvalue weighted by molar-refractivity contribution is 5.96. The molecule has 0 saturated carbocycles. The van der Waals surface area contributed by atoms with Gasteiger partial charge in [-0.2, -0.15) is 0 Å². The standard InChI is InChI=1S/C24H28FN3O2/c1-17(10-15-28-22-5-3-2-4-21(22)26-24(28)30)27-13-11-18(12-14-27)16-23(29)19-6-8-20(25)9-7-19/h2-9,17-18H,10-16H2,1H3,(H,26,30). The van der Waals surface area contributed by atoms with E-state index in [1.54, 1.807) is 12.1 Å². The topological polar surface area (TPSA) is 58.1 Å². The highest BCUT2D eigenvalue weighted by Gasteiger charge is 2.25. The van der Waals surface area contributed by atoms with Crippen molar-refractivity contribution in [3.8, 4) is 0 Å². The molecule has 0 amide bonds. The number of aryl methyl sites for hydroxylation is 1. The number of likely N-dealkylation sites (tertiary alicyclic amines) is 1. The minimum Gasteiger partial charge on any atom is -0.306 e. The lowest BCUT2D eigenvalue weighted by molar-refractivity contribution is 0.0898. The summed E-state index contributed by atoms with van der Waals surface area (Å²) >= 11 is 0. The Kier molecular flexibility index (Phi) is 6.13. The molecule has 6 heteroatoms. The second-order valence-corrected chi connectivity index (χ2v) is 8.35. The van der Waals surface area contributed by atoms with E-state index in [4.69, 9.17) is 0 Å². The summed E-state index contributed by atoms with van der Waals surface area (Å²) in [5.41, 5.74) is 2.37. The zero-order chi connectivity index (χ0) is 21.1. The number of Topliss-reactive ketones (excluding diaryl/α,β-unsaturated/α-hetero) is 1. The summed E-state index contributed by atoms with van der Waals surface area (Å²) in [6, 6.07) is 14.0. The fraction of sp³-hybridized carbons (Fsp3) is 0.417. The second kappa shape index (κ2) is 8.96. The highest BCUT2D eigenvalue weighted by Crippen LogP contribution is 2.24. The van der Waals surface area contributed by atoms with Crippen molar-refractivity contribution in [2.75, 3.05) is 13.1 Å². The summed E-state index contributed by atoms with van der Waals surface area (Å²) in [4.78, 5) is 30.1. The first kappa shape index (κ1) is 20.5. The Morgan fingerprint density at radius 2 is 1.83 bits per heavy atom. The number of aromatic amines is 1. The molecular formula is C24H28FN3O2. The molecule has 1 saturated heterocycles. The highest BCUT2D eigenvalue weighted by atomic mass is 19.1.